The van der Waals surface area contributed by atoms with E-state index < -0.39 is 35.0 Å². The highest BCUT2D eigenvalue weighted by molar-refractivity contribution is 5.64. The van der Waals surface area contributed by atoms with Crippen molar-refractivity contribution in [1.29, 1.82) is 0 Å². The molecule has 88 valence electrons. The number of benzene rings is 1. The van der Waals surface area contributed by atoms with E-state index in [9.17, 15) is 18.0 Å². The molecule has 0 aliphatic carbocycles. The molecule has 0 aliphatic heterocycles. The Hall–Kier alpha value is -1.92. The van der Waals surface area contributed by atoms with E-state index in [1.165, 1.54) is 6.92 Å². The SMILES string of the molecule is CCOC(=O)Oc1cc(N)c(F)c(F)c1F. The van der Waals surface area contributed by atoms with Crippen molar-refractivity contribution < 1.29 is 27.4 Å². The standard InChI is InChI=1S/C9H8F3NO3/c1-2-15-9(14)16-5-3-4(13)6(10)8(12)7(5)11/h3H,2,13H2,1H3. The normalized spacial score (nSPS) is 10.0. The van der Waals surface area contributed by atoms with Crippen LogP contribution in [0.15, 0.2) is 6.07 Å². The van der Waals surface area contributed by atoms with Gasteiger partial charge in [-0.25, -0.2) is 13.6 Å². The van der Waals surface area contributed by atoms with Crippen LogP contribution in [0.25, 0.3) is 0 Å². The Labute approximate surface area is 88.8 Å². The Morgan fingerprint density at radius 2 is 1.94 bits per heavy atom. The van der Waals surface area contributed by atoms with Gasteiger partial charge in [0.15, 0.2) is 17.4 Å². The summed E-state index contributed by atoms with van der Waals surface area (Å²) in [6.07, 6.45) is -1.23. The number of anilines is 1. The van der Waals surface area contributed by atoms with Gasteiger partial charge in [-0.1, -0.05) is 0 Å². The first-order chi connectivity index (χ1) is 7.47. The molecule has 7 heteroatoms. The van der Waals surface area contributed by atoms with Gasteiger partial charge in [0.1, 0.15) is 0 Å². The Bertz CT molecular complexity index is 423. The second-order valence-corrected chi connectivity index (χ2v) is 2.69. The molecule has 0 aliphatic rings. The smallest absolute Gasteiger partial charge is 0.434 e. The molecule has 1 aromatic rings. The fraction of sp³-hybridized carbons (Fsp3) is 0.222. The summed E-state index contributed by atoms with van der Waals surface area (Å²) in [6.45, 7) is 1.50. The molecule has 0 radical (unpaired) electrons. The molecule has 0 spiro atoms. The highest BCUT2D eigenvalue weighted by atomic mass is 19.2. The van der Waals surface area contributed by atoms with E-state index in [0.717, 1.165) is 0 Å². The zero-order chi connectivity index (χ0) is 12.3. The number of halogens is 3. The van der Waals surface area contributed by atoms with Crippen molar-refractivity contribution in [3.05, 3.63) is 23.5 Å². The first-order valence-corrected chi connectivity index (χ1v) is 4.25. The van der Waals surface area contributed by atoms with Crippen LogP contribution < -0.4 is 10.5 Å². The molecule has 1 rings (SSSR count). The van der Waals surface area contributed by atoms with Crippen LogP contribution in [-0.2, 0) is 4.74 Å². The van der Waals surface area contributed by atoms with Gasteiger partial charge in [0.2, 0.25) is 5.82 Å². The predicted molar refractivity (Wildman–Crippen MR) is 48.4 cm³/mol. The van der Waals surface area contributed by atoms with Crippen molar-refractivity contribution in [2.45, 2.75) is 6.92 Å². The van der Waals surface area contributed by atoms with Crippen LogP contribution >= 0.6 is 0 Å². The van der Waals surface area contributed by atoms with E-state index in [4.69, 9.17) is 5.73 Å². The molecule has 0 bridgehead atoms. The molecule has 0 saturated heterocycles. The second kappa shape index (κ2) is 4.73. The number of carbonyl (C=O) groups is 1. The van der Waals surface area contributed by atoms with Crippen LogP contribution in [0.4, 0.5) is 23.7 Å². The lowest BCUT2D eigenvalue weighted by atomic mass is 10.2. The van der Waals surface area contributed by atoms with Gasteiger partial charge < -0.3 is 15.2 Å². The Morgan fingerprint density at radius 3 is 2.50 bits per heavy atom. The molecule has 1 aromatic carbocycles. The molecule has 0 aromatic heterocycles. The highest BCUT2D eigenvalue weighted by Gasteiger charge is 2.20. The summed E-state index contributed by atoms with van der Waals surface area (Å²) in [5.41, 5.74) is 4.36. The average molecular weight is 235 g/mol. The lowest BCUT2D eigenvalue weighted by Crippen LogP contribution is -2.12. The van der Waals surface area contributed by atoms with E-state index in [2.05, 4.69) is 9.47 Å². The van der Waals surface area contributed by atoms with Crippen molar-refractivity contribution in [1.82, 2.24) is 0 Å². The first-order valence-electron chi connectivity index (χ1n) is 4.25. The van der Waals surface area contributed by atoms with Crippen LogP contribution in [-0.4, -0.2) is 12.8 Å². The highest BCUT2D eigenvalue weighted by Crippen LogP contribution is 2.27. The molecule has 4 nitrogen and oxygen atoms in total. The van der Waals surface area contributed by atoms with E-state index >= 15 is 0 Å². The van der Waals surface area contributed by atoms with Crippen LogP contribution in [0.5, 0.6) is 5.75 Å². The fourth-order valence-electron chi connectivity index (χ4n) is 0.911. The van der Waals surface area contributed by atoms with Gasteiger partial charge in [0.25, 0.3) is 0 Å². The van der Waals surface area contributed by atoms with Crippen molar-refractivity contribution in [2.75, 3.05) is 12.3 Å². The van der Waals surface area contributed by atoms with E-state index in [0.29, 0.717) is 6.07 Å². The van der Waals surface area contributed by atoms with Gasteiger partial charge in [0.05, 0.1) is 12.3 Å². The molecule has 0 saturated carbocycles. The third kappa shape index (κ3) is 2.36. The van der Waals surface area contributed by atoms with Gasteiger partial charge in [-0.3, -0.25) is 0 Å². The molecule has 16 heavy (non-hydrogen) atoms. The minimum atomic E-state index is -1.81. The lowest BCUT2D eigenvalue weighted by molar-refractivity contribution is 0.102. The number of hydrogen-bond donors (Lipinski definition) is 1. The Balaban J connectivity index is 3.02. The van der Waals surface area contributed by atoms with E-state index in [-0.39, 0.29) is 6.61 Å². The molecule has 2 N–H and O–H groups in total. The Kier molecular flexibility index (Phi) is 3.60. The Morgan fingerprint density at radius 1 is 1.31 bits per heavy atom. The quantitative estimate of drug-likeness (QED) is 0.369. The van der Waals surface area contributed by atoms with Gasteiger partial charge in [-0.15, -0.1) is 0 Å². The van der Waals surface area contributed by atoms with Gasteiger partial charge >= 0.3 is 6.16 Å². The average Bonchev–Trinajstić information content (AvgIpc) is 2.23. The third-order valence-corrected chi connectivity index (χ3v) is 1.60. The third-order valence-electron chi connectivity index (χ3n) is 1.60. The summed E-state index contributed by atoms with van der Waals surface area (Å²) in [5.74, 6) is -5.80. The minimum absolute atomic E-state index is 0.000386. The van der Waals surface area contributed by atoms with Gasteiger partial charge in [-0.2, -0.15) is 4.39 Å². The molecule has 0 fully saturated rings. The van der Waals surface area contributed by atoms with Crippen LogP contribution in [0.3, 0.4) is 0 Å². The number of hydrogen-bond acceptors (Lipinski definition) is 4. The van der Waals surface area contributed by atoms with Crippen molar-refractivity contribution in [3.63, 3.8) is 0 Å². The monoisotopic (exact) mass is 235 g/mol. The summed E-state index contributed by atoms with van der Waals surface area (Å²) < 4.78 is 47.2. The summed E-state index contributed by atoms with van der Waals surface area (Å²) >= 11 is 0. The summed E-state index contributed by atoms with van der Waals surface area (Å²) in [7, 11) is 0. The largest absolute Gasteiger partial charge is 0.513 e. The van der Waals surface area contributed by atoms with E-state index in [1.54, 1.807) is 0 Å². The minimum Gasteiger partial charge on any atom is -0.434 e. The maximum Gasteiger partial charge on any atom is 0.513 e. The maximum atomic E-state index is 13.0. The van der Waals surface area contributed by atoms with Crippen LogP contribution in [0.1, 0.15) is 6.92 Å². The van der Waals surface area contributed by atoms with Crippen LogP contribution in [0.2, 0.25) is 0 Å². The second-order valence-electron chi connectivity index (χ2n) is 2.69. The number of rotatable bonds is 2. The molecule has 0 atom stereocenters. The number of nitrogen functional groups attached to an aromatic ring is 1. The zero-order valence-corrected chi connectivity index (χ0v) is 8.22. The summed E-state index contributed by atoms with van der Waals surface area (Å²) in [4.78, 5) is 10.8. The van der Waals surface area contributed by atoms with Crippen molar-refractivity contribution in [3.8, 4) is 5.75 Å². The van der Waals surface area contributed by atoms with Crippen molar-refractivity contribution in [2.24, 2.45) is 0 Å². The number of ether oxygens (including phenoxy) is 2. The van der Waals surface area contributed by atoms with Gasteiger partial charge in [-0.05, 0) is 6.92 Å². The lowest BCUT2D eigenvalue weighted by Gasteiger charge is -2.07. The fourth-order valence-corrected chi connectivity index (χ4v) is 0.911. The van der Waals surface area contributed by atoms with Gasteiger partial charge in [0, 0.05) is 6.07 Å². The van der Waals surface area contributed by atoms with Crippen molar-refractivity contribution >= 4 is 11.8 Å². The molecule has 0 heterocycles. The summed E-state index contributed by atoms with van der Waals surface area (Å²) in [5, 5.41) is 0. The van der Waals surface area contributed by atoms with Crippen LogP contribution in [0, 0.1) is 17.5 Å². The molecule has 0 amide bonds. The zero-order valence-electron chi connectivity index (χ0n) is 8.22. The number of nitrogens with two attached hydrogens (primary N) is 1. The predicted octanol–water partition coefficient (Wildman–Crippen LogP) is 2.22. The number of carbonyl (C=O) groups excluding carboxylic acids is 1. The maximum absolute atomic E-state index is 13.0. The summed E-state index contributed by atoms with van der Waals surface area (Å²) in [6, 6.07) is 0.657. The molecular formula is C9H8F3NO3. The first kappa shape index (κ1) is 12.2. The molecule has 0 unspecified atom stereocenters. The van der Waals surface area contributed by atoms with E-state index in [1.807, 2.05) is 0 Å². The molecular weight excluding hydrogens is 227 g/mol. The topological polar surface area (TPSA) is 61.5 Å².